The monoisotopic (exact) mass is 365 g/mol. The maximum Gasteiger partial charge on any atom is 0.270 e. The van der Waals surface area contributed by atoms with Gasteiger partial charge in [-0.2, -0.15) is 0 Å². The number of rotatable bonds is 4. The van der Waals surface area contributed by atoms with Crippen LogP contribution < -0.4 is 10.6 Å². The first-order chi connectivity index (χ1) is 9.33. The van der Waals surface area contributed by atoms with Crippen LogP contribution in [0.15, 0.2) is 22.9 Å². The van der Waals surface area contributed by atoms with E-state index in [4.69, 9.17) is 0 Å². The molecular formula is C13H17Cl2N3OS2. The van der Waals surface area contributed by atoms with Crippen LogP contribution in [0, 0.1) is 0 Å². The van der Waals surface area contributed by atoms with Gasteiger partial charge in [-0.3, -0.25) is 4.79 Å². The SMILES string of the molecule is Cl.Cl.O=C(NCC1CCCN1)c1csc(-c2cccs2)n1. The number of nitrogens with one attached hydrogen (secondary N) is 2. The number of carbonyl (C=O) groups excluding carboxylic acids is 1. The highest BCUT2D eigenvalue weighted by atomic mass is 35.5. The molecule has 1 unspecified atom stereocenters. The summed E-state index contributed by atoms with van der Waals surface area (Å²) >= 11 is 3.16. The number of hydrogen-bond donors (Lipinski definition) is 2. The van der Waals surface area contributed by atoms with Gasteiger partial charge in [0, 0.05) is 18.0 Å². The summed E-state index contributed by atoms with van der Waals surface area (Å²) in [6, 6.07) is 4.43. The number of aromatic nitrogens is 1. The van der Waals surface area contributed by atoms with Gasteiger partial charge in [-0.05, 0) is 30.8 Å². The predicted octanol–water partition coefficient (Wildman–Crippen LogP) is 3.20. The number of thiophene rings is 1. The molecule has 3 rings (SSSR count). The van der Waals surface area contributed by atoms with E-state index in [9.17, 15) is 4.79 Å². The summed E-state index contributed by atoms with van der Waals surface area (Å²) in [5, 5.41) is 11.1. The Kier molecular flexibility index (Phi) is 7.62. The highest BCUT2D eigenvalue weighted by Crippen LogP contribution is 2.27. The number of carbonyl (C=O) groups is 1. The molecule has 1 fully saturated rings. The Morgan fingerprint density at radius 3 is 2.95 bits per heavy atom. The molecular weight excluding hydrogens is 349 g/mol. The van der Waals surface area contributed by atoms with Crippen molar-refractivity contribution in [2.75, 3.05) is 13.1 Å². The molecule has 8 heteroatoms. The summed E-state index contributed by atoms with van der Waals surface area (Å²) in [6.45, 7) is 1.74. The van der Waals surface area contributed by atoms with E-state index in [2.05, 4.69) is 15.6 Å². The van der Waals surface area contributed by atoms with Crippen molar-refractivity contribution in [1.29, 1.82) is 0 Å². The third-order valence-electron chi connectivity index (χ3n) is 3.14. The second kappa shape index (κ2) is 8.70. The van der Waals surface area contributed by atoms with E-state index >= 15 is 0 Å². The van der Waals surface area contributed by atoms with Crippen molar-refractivity contribution in [3.63, 3.8) is 0 Å². The Hall–Kier alpha value is -0.660. The van der Waals surface area contributed by atoms with Crippen molar-refractivity contribution in [3.8, 4) is 9.88 Å². The topological polar surface area (TPSA) is 54.0 Å². The van der Waals surface area contributed by atoms with Crippen molar-refractivity contribution in [1.82, 2.24) is 15.6 Å². The van der Waals surface area contributed by atoms with Gasteiger partial charge >= 0.3 is 0 Å². The molecule has 116 valence electrons. The van der Waals surface area contributed by atoms with Crippen molar-refractivity contribution in [2.45, 2.75) is 18.9 Å². The van der Waals surface area contributed by atoms with Gasteiger partial charge in [0.15, 0.2) is 0 Å². The van der Waals surface area contributed by atoms with Gasteiger partial charge in [-0.1, -0.05) is 6.07 Å². The largest absolute Gasteiger partial charge is 0.349 e. The van der Waals surface area contributed by atoms with Gasteiger partial charge in [-0.25, -0.2) is 4.98 Å². The summed E-state index contributed by atoms with van der Waals surface area (Å²) in [6.07, 6.45) is 2.33. The molecule has 2 N–H and O–H groups in total. The van der Waals surface area contributed by atoms with E-state index in [0.717, 1.165) is 22.9 Å². The molecule has 0 spiro atoms. The van der Waals surface area contributed by atoms with Crippen molar-refractivity contribution >= 4 is 53.4 Å². The van der Waals surface area contributed by atoms with E-state index in [1.165, 1.54) is 17.8 Å². The standard InChI is InChI=1S/C13H15N3OS2.2ClH/c17-12(15-7-9-3-1-5-14-9)10-8-19-13(16-10)11-4-2-6-18-11;;/h2,4,6,8-9,14H,1,3,5,7H2,(H,15,17);2*1H. The molecule has 0 radical (unpaired) electrons. The molecule has 0 bridgehead atoms. The van der Waals surface area contributed by atoms with Crippen molar-refractivity contribution < 1.29 is 4.79 Å². The lowest BCUT2D eigenvalue weighted by Crippen LogP contribution is -2.37. The maximum atomic E-state index is 12.0. The zero-order valence-corrected chi connectivity index (χ0v) is 14.5. The van der Waals surface area contributed by atoms with E-state index in [-0.39, 0.29) is 30.7 Å². The minimum atomic E-state index is -0.0762. The molecule has 2 aromatic heterocycles. The molecule has 0 saturated carbocycles. The number of amides is 1. The Morgan fingerprint density at radius 1 is 1.43 bits per heavy atom. The molecule has 1 saturated heterocycles. The molecule has 2 aromatic rings. The van der Waals surface area contributed by atoms with Gasteiger partial charge in [-0.15, -0.1) is 47.5 Å². The van der Waals surface area contributed by atoms with Gasteiger partial charge in [0.2, 0.25) is 0 Å². The third-order valence-corrected chi connectivity index (χ3v) is 5.02. The second-order valence-corrected chi connectivity index (χ2v) is 6.32. The van der Waals surface area contributed by atoms with Crippen LogP contribution in [-0.4, -0.2) is 30.0 Å². The fourth-order valence-corrected chi connectivity index (χ4v) is 3.74. The lowest BCUT2D eigenvalue weighted by Gasteiger charge is -2.10. The van der Waals surface area contributed by atoms with E-state index in [1.807, 2.05) is 22.9 Å². The van der Waals surface area contributed by atoms with Crippen LogP contribution in [0.25, 0.3) is 9.88 Å². The summed E-state index contributed by atoms with van der Waals surface area (Å²) < 4.78 is 0. The predicted molar refractivity (Wildman–Crippen MR) is 93.3 cm³/mol. The number of thiazole rings is 1. The number of hydrogen-bond acceptors (Lipinski definition) is 5. The van der Waals surface area contributed by atoms with E-state index in [1.54, 1.807) is 11.3 Å². The van der Waals surface area contributed by atoms with E-state index in [0.29, 0.717) is 18.3 Å². The fourth-order valence-electron chi connectivity index (χ4n) is 2.13. The van der Waals surface area contributed by atoms with Gasteiger partial charge in [0.05, 0.1) is 4.88 Å². The van der Waals surface area contributed by atoms with Crippen LogP contribution in [0.5, 0.6) is 0 Å². The zero-order valence-electron chi connectivity index (χ0n) is 11.2. The molecule has 3 heterocycles. The lowest BCUT2D eigenvalue weighted by molar-refractivity contribution is 0.0946. The maximum absolute atomic E-state index is 12.0. The molecule has 4 nitrogen and oxygen atoms in total. The smallest absolute Gasteiger partial charge is 0.270 e. The Bertz CT molecular complexity index is 554. The fraction of sp³-hybridized carbons (Fsp3) is 0.385. The quantitative estimate of drug-likeness (QED) is 0.874. The lowest BCUT2D eigenvalue weighted by atomic mass is 10.2. The minimum Gasteiger partial charge on any atom is -0.349 e. The van der Waals surface area contributed by atoms with Gasteiger partial charge in [0.25, 0.3) is 5.91 Å². The Balaban J connectivity index is 0.00000110. The summed E-state index contributed by atoms with van der Waals surface area (Å²) in [5.41, 5.74) is 0.520. The summed E-state index contributed by atoms with van der Waals surface area (Å²) in [5.74, 6) is -0.0762. The molecule has 1 atom stereocenters. The second-order valence-electron chi connectivity index (χ2n) is 4.52. The highest BCUT2D eigenvalue weighted by molar-refractivity contribution is 7.20. The van der Waals surface area contributed by atoms with Crippen molar-refractivity contribution in [2.24, 2.45) is 0 Å². The van der Waals surface area contributed by atoms with Crippen LogP contribution >= 0.6 is 47.5 Å². The Morgan fingerprint density at radius 2 is 2.29 bits per heavy atom. The average molecular weight is 366 g/mol. The normalized spacial score (nSPS) is 16.9. The zero-order chi connectivity index (χ0) is 13.1. The molecule has 0 aromatic carbocycles. The van der Waals surface area contributed by atoms with Crippen LogP contribution in [0.4, 0.5) is 0 Å². The van der Waals surface area contributed by atoms with Crippen molar-refractivity contribution in [3.05, 3.63) is 28.6 Å². The summed E-state index contributed by atoms with van der Waals surface area (Å²) in [7, 11) is 0. The molecule has 1 aliphatic heterocycles. The van der Waals surface area contributed by atoms with Crippen LogP contribution in [-0.2, 0) is 0 Å². The van der Waals surface area contributed by atoms with Crippen LogP contribution in [0.3, 0.4) is 0 Å². The average Bonchev–Trinajstić information content (AvgIpc) is 3.14. The Labute approximate surface area is 144 Å². The van der Waals surface area contributed by atoms with Crippen LogP contribution in [0.2, 0.25) is 0 Å². The third kappa shape index (κ3) is 4.66. The number of halogens is 2. The highest BCUT2D eigenvalue weighted by Gasteiger charge is 2.17. The first kappa shape index (κ1) is 18.4. The minimum absolute atomic E-state index is 0. The number of nitrogens with zero attached hydrogens (tertiary/aromatic N) is 1. The van der Waals surface area contributed by atoms with Gasteiger partial charge in [0.1, 0.15) is 10.7 Å². The van der Waals surface area contributed by atoms with Gasteiger partial charge < -0.3 is 10.6 Å². The molecule has 1 aliphatic rings. The first-order valence-electron chi connectivity index (χ1n) is 6.34. The molecule has 0 aliphatic carbocycles. The summed E-state index contributed by atoms with van der Waals surface area (Å²) in [4.78, 5) is 17.5. The first-order valence-corrected chi connectivity index (χ1v) is 8.10. The van der Waals surface area contributed by atoms with E-state index < -0.39 is 0 Å². The molecule has 1 amide bonds. The van der Waals surface area contributed by atoms with Crippen LogP contribution in [0.1, 0.15) is 23.3 Å². The molecule has 21 heavy (non-hydrogen) atoms.